The number of benzene rings is 1. The van der Waals surface area contributed by atoms with Crippen LogP contribution in [0.2, 0.25) is 0 Å². The molecule has 0 fully saturated rings. The summed E-state index contributed by atoms with van der Waals surface area (Å²) in [7, 11) is 0. The largest absolute Gasteiger partial charge is 0.481 e. The number of carbonyl (C=O) groups is 1. The van der Waals surface area contributed by atoms with Crippen molar-refractivity contribution >= 4 is 40.8 Å². The molecule has 0 aliphatic carbocycles. The first-order valence-corrected chi connectivity index (χ1v) is 6.34. The monoisotopic (exact) mass is 312 g/mol. The zero-order valence-corrected chi connectivity index (χ0v) is 12.2. The van der Waals surface area contributed by atoms with Crippen molar-refractivity contribution in [2.24, 2.45) is 0 Å². The minimum absolute atomic E-state index is 0. The maximum absolute atomic E-state index is 11.3. The van der Waals surface area contributed by atoms with E-state index in [-0.39, 0.29) is 18.9 Å². The van der Waals surface area contributed by atoms with Gasteiger partial charge < -0.3 is 5.11 Å². The number of hydrogen-bond donors (Lipinski definition) is 1. The fourth-order valence-electron chi connectivity index (χ4n) is 1.76. The Hall–Kier alpha value is -1.08. The van der Waals surface area contributed by atoms with E-state index in [1.165, 1.54) is 0 Å². The first kappa shape index (κ1) is 16.0. The number of halogens is 1. The molecule has 1 radical (unpaired) electrons. The molecule has 2 aromatic rings. The summed E-state index contributed by atoms with van der Waals surface area (Å²) >= 11 is 3.29. The molecular weight excluding hydrogens is 301 g/mol. The van der Waals surface area contributed by atoms with E-state index in [4.69, 9.17) is 0 Å². The standard InChI is InChI=1S/C14H12BrNO2.Li/c15-11-6-7-13(16-9-11)12(14(17)18)8-10-4-2-1-3-5-10;/h1-7,9,12H,8H2,(H,17,18);. The van der Waals surface area contributed by atoms with Gasteiger partial charge in [-0.1, -0.05) is 30.3 Å². The zero-order chi connectivity index (χ0) is 13.0. The first-order chi connectivity index (χ1) is 8.66. The normalized spacial score (nSPS) is 11.4. The smallest absolute Gasteiger partial charge is 0.312 e. The molecule has 1 N–H and O–H groups in total. The minimum Gasteiger partial charge on any atom is -0.481 e. The number of pyridine rings is 1. The summed E-state index contributed by atoms with van der Waals surface area (Å²) in [5.74, 6) is -1.46. The van der Waals surface area contributed by atoms with E-state index in [1.54, 1.807) is 12.3 Å². The third-order valence-corrected chi connectivity index (χ3v) is 3.16. The van der Waals surface area contributed by atoms with Crippen LogP contribution in [-0.4, -0.2) is 34.9 Å². The van der Waals surface area contributed by atoms with Crippen molar-refractivity contribution in [3.8, 4) is 0 Å². The van der Waals surface area contributed by atoms with Crippen LogP contribution >= 0.6 is 15.9 Å². The van der Waals surface area contributed by atoms with Gasteiger partial charge in [0.25, 0.3) is 0 Å². The number of nitrogens with zero attached hydrogens (tertiary/aromatic N) is 1. The molecule has 19 heavy (non-hydrogen) atoms. The van der Waals surface area contributed by atoms with Gasteiger partial charge in [-0.3, -0.25) is 9.78 Å². The van der Waals surface area contributed by atoms with Crippen molar-refractivity contribution in [1.82, 2.24) is 4.98 Å². The van der Waals surface area contributed by atoms with Gasteiger partial charge in [-0.15, -0.1) is 0 Å². The van der Waals surface area contributed by atoms with Crippen molar-refractivity contribution in [3.63, 3.8) is 0 Å². The summed E-state index contributed by atoms with van der Waals surface area (Å²) in [5.41, 5.74) is 1.57. The summed E-state index contributed by atoms with van der Waals surface area (Å²) < 4.78 is 0.843. The Labute approximate surface area is 132 Å². The number of carboxylic acid groups (broad SMARTS) is 1. The predicted octanol–water partition coefficient (Wildman–Crippen LogP) is 2.87. The quantitative estimate of drug-likeness (QED) is 0.883. The van der Waals surface area contributed by atoms with Gasteiger partial charge in [-0.25, -0.2) is 0 Å². The van der Waals surface area contributed by atoms with Crippen LogP contribution in [0.4, 0.5) is 0 Å². The molecule has 5 heteroatoms. The maximum atomic E-state index is 11.3. The molecule has 0 spiro atoms. The van der Waals surface area contributed by atoms with E-state index in [1.807, 2.05) is 36.4 Å². The topological polar surface area (TPSA) is 50.2 Å². The van der Waals surface area contributed by atoms with Crippen molar-refractivity contribution in [2.45, 2.75) is 12.3 Å². The van der Waals surface area contributed by atoms with Crippen molar-refractivity contribution in [1.29, 1.82) is 0 Å². The number of carboxylic acids is 1. The Balaban J connectivity index is 0.00000180. The van der Waals surface area contributed by atoms with E-state index in [9.17, 15) is 9.90 Å². The van der Waals surface area contributed by atoms with E-state index >= 15 is 0 Å². The molecule has 0 aliphatic heterocycles. The summed E-state index contributed by atoms with van der Waals surface area (Å²) in [6, 6.07) is 13.1. The second-order valence-corrected chi connectivity index (χ2v) is 4.90. The molecule has 1 unspecified atom stereocenters. The molecule has 0 saturated heterocycles. The van der Waals surface area contributed by atoms with Crippen LogP contribution in [0.5, 0.6) is 0 Å². The molecule has 93 valence electrons. The van der Waals surface area contributed by atoms with Gasteiger partial charge in [0.15, 0.2) is 0 Å². The Bertz CT molecular complexity index is 531. The van der Waals surface area contributed by atoms with Gasteiger partial charge in [0.1, 0.15) is 5.92 Å². The van der Waals surface area contributed by atoms with E-state index in [2.05, 4.69) is 20.9 Å². The van der Waals surface area contributed by atoms with Crippen molar-refractivity contribution in [3.05, 3.63) is 64.4 Å². The molecule has 0 bridgehead atoms. The third-order valence-electron chi connectivity index (χ3n) is 2.69. The SMILES string of the molecule is O=C(O)C(Cc1ccccc1)c1ccc(Br)cn1.[Li]. The zero-order valence-electron chi connectivity index (χ0n) is 10.6. The molecule has 0 aliphatic rings. The summed E-state index contributed by atoms with van der Waals surface area (Å²) in [6.45, 7) is 0. The molecule has 1 aromatic carbocycles. The van der Waals surface area contributed by atoms with Crippen LogP contribution < -0.4 is 0 Å². The van der Waals surface area contributed by atoms with Crippen LogP contribution in [0.15, 0.2) is 53.1 Å². The van der Waals surface area contributed by atoms with Gasteiger partial charge in [0, 0.05) is 29.5 Å². The van der Waals surface area contributed by atoms with Gasteiger partial charge in [-0.05, 0) is 40.0 Å². The maximum Gasteiger partial charge on any atom is 0.312 e. The fraction of sp³-hybridized carbons (Fsp3) is 0.143. The summed E-state index contributed by atoms with van der Waals surface area (Å²) in [5, 5.41) is 9.31. The number of hydrogen-bond acceptors (Lipinski definition) is 2. The van der Waals surface area contributed by atoms with E-state index in [0.717, 1.165) is 10.0 Å². The Kier molecular flexibility index (Phi) is 6.30. The molecule has 2 rings (SSSR count). The van der Waals surface area contributed by atoms with Gasteiger partial charge >= 0.3 is 5.97 Å². The Morgan fingerprint density at radius 2 is 1.89 bits per heavy atom. The van der Waals surface area contributed by atoms with Crippen LogP contribution in [-0.2, 0) is 11.2 Å². The molecule has 3 nitrogen and oxygen atoms in total. The third kappa shape index (κ3) is 4.50. The molecule has 1 aromatic heterocycles. The van der Waals surface area contributed by atoms with Crippen LogP contribution in [0.3, 0.4) is 0 Å². The average molecular weight is 313 g/mol. The van der Waals surface area contributed by atoms with Crippen LogP contribution in [0.25, 0.3) is 0 Å². The molecule has 1 heterocycles. The van der Waals surface area contributed by atoms with Crippen molar-refractivity contribution in [2.75, 3.05) is 0 Å². The fourth-order valence-corrected chi connectivity index (χ4v) is 2.00. The van der Waals surface area contributed by atoms with E-state index < -0.39 is 11.9 Å². The average Bonchev–Trinajstić information content (AvgIpc) is 2.38. The molecular formula is C14H12BrLiNO2. The molecule has 1 atom stereocenters. The van der Waals surface area contributed by atoms with Gasteiger partial charge in [-0.2, -0.15) is 0 Å². The number of rotatable bonds is 4. The van der Waals surface area contributed by atoms with Gasteiger partial charge in [0.2, 0.25) is 0 Å². The molecule has 0 saturated carbocycles. The van der Waals surface area contributed by atoms with Crippen LogP contribution in [0.1, 0.15) is 17.2 Å². The first-order valence-electron chi connectivity index (χ1n) is 5.55. The minimum atomic E-state index is -0.853. The Morgan fingerprint density at radius 3 is 2.42 bits per heavy atom. The molecule has 0 amide bonds. The summed E-state index contributed by atoms with van der Waals surface area (Å²) in [4.78, 5) is 15.5. The van der Waals surface area contributed by atoms with Crippen molar-refractivity contribution < 1.29 is 9.90 Å². The summed E-state index contributed by atoms with van der Waals surface area (Å²) in [6.07, 6.45) is 2.07. The van der Waals surface area contributed by atoms with Gasteiger partial charge in [0.05, 0.1) is 5.69 Å². The number of aromatic nitrogens is 1. The number of aliphatic carboxylic acids is 1. The van der Waals surface area contributed by atoms with E-state index in [0.29, 0.717) is 12.1 Å². The second-order valence-electron chi connectivity index (χ2n) is 3.98. The second kappa shape index (κ2) is 7.49. The van der Waals surface area contributed by atoms with Crippen LogP contribution in [0, 0.1) is 0 Å². The Morgan fingerprint density at radius 1 is 1.21 bits per heavy atom. The predicted molar refractivity (Wildman–Crippen MR) is 78.2 cm³/mol.